The molecular formula is C23H22N2O3. The first-order valence-corrected chi connectivity index (χ1v) is 9.12. The van der Waals surface area contributed by atoms with Crippen LogP contribution in [-0.4, -0.2) is 18.4 Å². The average Bonchev–Trinajstić information content (AvgIpc) is 2.74. The lowest BCUT2D eigenvalue weighted by Gasteiger charge is -2.12. The highest BCUT2D eigenvalue weighted by molar-refractivity contribution is 6.08. The van der Waals surface area contributed by atoms with Crippen molar-refractivity contribution in [3.05, 3.63) is 95.6 Å². The number of nitrogens with one attached hydrogen (secondary N) is 2. The van der Waals surface area contributed by atoms with E-state index in [0.717, 1.165) is 11.3 Å². The van der Waals surface area contributed by atoms with Crippen molar-refractivity contribution < 1.29 is 14.3 Å². The van der Waals surface area contributed by atoms with Gasteiger partial charge in [-0.05, 0) is 48.9 Å². The normalized spacial score (nSPS) is 10.2. The van der Waals surface area contributed by atoms with Crippen molar-refractivity contribution in [2.75, 3.05) is 11.9 Å². The molecule has 0 aromatic heterocycles. The molecule has 0 saturated heterocycles. The predicted molar refractivity (Wildman–Crippen MR) is 110 cm³/mol. The Morgan fingerprint density at radius 1 is 0.821 bits per heavy atom. The number of ether oxygens (including phenoxy) is 1. The van der Waals surface area contributed by atoms with Crippen LogP contribution in [0.3, 0.4) is 0 Å². The molecule has 28 heavy (non-hydrogen) atoms. The molecule has 0 unspecified atom stereocenters. The lowest BCUT2D eigenvalue weighted by Crippen LogP contribution is -2.24. The quantitative estimate of drug-likeness (QED) is 0.649. The van der Waals surface area contributed by atoms with Crippen LogP contribution >= 0.6 is 0 Å². The van der Waals surface area contributed by atoms with E-state index >= 15 is 0 Å². The van der Waals surface area contributed by atoms with Gasteiger partial charge in [0.05, 0.1) is 17.9 Å². The van der Waals surface area contributed by atoms with Crippen LogP contribution < -0.4 is 15.4 Å². The molecule has 0 aliphatic heterocycles. The first kappa shape index (κ1) is 19.2. The lowest BCUT2D eigenvalue weighted by molar-refractivity contribution is 0.0952. The minimum absolute atomic E-state index is 0.252. The summed E-state index contributed by atoms with van der Waals surface area (Å²) in [5.74, 6) is 0.289. The monoisotopic (exact) mass is 374 g/mol. The summed E-state index contributed by atoms with van der Waals surface area (Å²) < 4.78 is 5.42. The molecular weight excluding hydrogens is 352 g/mol. The van der Waals surface area contributed by atoms with E-state index in [1.807, 2.05) is 37.3 Å². The Balaban J connectivity index is 1.66. The van der Waals surface area contributed by atoms with E-state index in [1.165, 1.54) is 0 Å². The van der Waals surface area contributed by atoms with Crippen molar-refractivity contribution in [3.8, 4) is 5.75 Å². The molecule has 0 aliphatic carbocycles. The van der Waals surface area contributed by atoms with Crippen LogP contribution in [0.4, 0.5) is 5.69 Å². The van der Waals surface area contributed by atoms with Gasteiger partial charge in [-0.2, -0.15) is 0 Å². The van der Waals surface area contributed by atoms with Gasteiger partial charge in [-0.25, -0.2) is 0 Å². The van der Waals surface area contributed by atoms with E-state index in [2.05, 4.69) is 10.6 Å². The first-order chi connectivity index (χ1) is 13.7. The van der Waals surface area contributed by atoms with E-state index < -0.39 is 0 Å². The molecule has 0 bridgehead atoms. The number of hydrogen-bond donors (Lipinski definition) is 2. The SMILES string of the molecule is CCOc1ccc(CNC(=O)c2ccccc2NC(=O)c2ccccc2)cc1. The van der Waals surface area contributed by atoms with Gasteiger partial charge in [-0.1, -0.05) is 42.5 Å². The number of benzene rings is 3. The molecule has 0 saturated carbocycles. The zero-order chi connectivity index (χ0) is 19.8. The van der Waals surface area contributed by atoms with Crippen LogP contribution in [-0.2, 0) is 6.54 Å². The molecule has 3 aromatic rings. The standard InChI is InChI=1S/C23H22N2O3/c1-2-28-19-14-12-17(13-15-19)16-24-23(27)20-10-6-7-11-21(20)25-22(26)18-8-4-3-5-9-18/h3-15H,2,16H2,1H3,(H,24,27)(H,25,26). The van der Waals surface area contributed by atoms with Gasteiger partial charge >= 0.3 is 0 Å². The van der Waals surface area contributed by atoms with Crippen molar-refractivity contribution in [2.45, 2.75) is 13.5 Å². The highest BCUT2D eigenvalue weighted by Gasteiger charge is 2.13. The minimum Gasteiger partial charge on any atom is -0.494 e. The molecule has 0 heterocycles. The Bertz CT molecular complexity index is 938. The Morgan fingerprint density at radius 2 is 1.50 bits per heavy atom. The van der Waals surface area contributed by atoms with Gasteiger partial charge in [0.25, 0.3) is 11.8 Å². The Labute approximate surface area is 164 Å². The smallest absolute Gasteiger partial charge is 0.255 e. The largest absolute Gasteiger partial charge is 0.494 e. The number of rotatable bonds is 7. The van der Waals surface area contributed by atoms with Crippen molar-refractivity contribution in [3.63, 3.8) is 0 Å². The zero-order valence-corrected chi connectivity index (χ0v) is 15.6. The minimum atomic E-state index is -0.257. The maximum atomic E-state index is 12.6. The molecule has 0 fully saturated rings. The van der Waals surface area contributed by atoms with Crippen LogP contribution in [0.15, 0.2) is 78.9 Å². The van der Waals surface area contributed by atoms with Crippen LogP contribution in [0, 0.1) is 0 Å². The third-order valence-electron chi connectivity index (χ3n) is 4.14. The fraction of sp³-hybridized carbons (Fsp3) is 0.130. The highest BCUT2D eigenvalue weighted by Crippen LogP contribution is 2.17. The van der Waals surface area contributed by atoms with Gasteiger partial charge in [0.2, 0.25) is 0 Å². The Kier molecular flexibility index (Phi) is 6.41. The zero-order valence-electron chi connectivity index (χ0n) is 15.6. The van der Waals surface area contributed by atoms with Crippen molar-refractivity contribution in [2.24, 2.45) is 0 Å². The summed E-state index contributed by atoms with van der Waals surface area (Å²) in [6.07, 6.45) is 0. The summed E-state index contributed by atoms with van der Waals surface area (Å²) >= 11 is 0. The van der Waals surface area contributed by atoms with Gasteiger partial charge in [-0.3, -0.25) is 9.59 Å². The van der Waals surface area contributed by atoms with E-state index in [9.17, 15) is 9.59 Å². The molecule has 0 radical (unpaired) electrons. The van der Waals surface area contributed by atoms with Gasteiger partial charge in [-0.15, -0.1) is 0 Å². The second-order valence-corrected chi connectivity index (χ2v) is 6.13. The van der Waals surface area contributed by atoms with Gasteiger partial charge in [0, 0.05) is 12.1 Å². The van der Waals surface area contributed by atoms with E-state index in [1.54, 1.807) is 48.5 Å². The molecule has 0 spiro atoms. The Morgan fingerprint density at radius 3 is 2.21 bits per heavy atom. The second-order valence-electron chi connectivity index (χ2n) is 6.13. The summed E-state index contributed by atoms with van der Waals surface area (Å²) in [5.41, 5.74) is 2.38. The van der Waals surface area contributed by atoms with Crippen molar-refractivity contribution in [1.29, 1.82) is 0 Å². The molecule has 0 aliphatic rings. The van der Waals surface area contributed by atoms with Crippen molar-refractivity contribution in [1.82, 2.24) is 5.32 Å². The van der Waals surface area contributed by atoms with E-state index in [4.69, 9.17) is 4.74 Å². The van der Waals surface area contributed by atoms with E-state index in [0.29, 0.717) is 30.0 Å². The molecule has 2 amide bonds. The number of amides is 2. The third-order valence-corrected chi connectivity index (χ3v) is 4.14. The van der Waals surface area contributed by atoms with Gasteiger partial charge in [0.1, 0.15) is 5.75 Å². The van der Waals surface area contributed by atoms with Gasteiger partial charge < -0.3 is 15.4 Å². The summed E-state index contributed by atoms with van der Waals surface area (Å²) in [6, 6.07) is 23.4. The molecule has 0 atom stereocenters. The van der Waals surface area contributed by atoms with E-state index in [-0.39, 0.29) is 11.8 Å². The molecule has 5 heteroatoms. The van der Waals surface area contributed by atoms with Crippen LogP contribution in [0.25, 0.3) is 0 Å². The average molecular weight is 374 g/mol. The lowest BCUT2D eigenvalue weighted by atomic mass is 10.1. The van der Waals surface area contributed by atoms with Crippen LogP contribution in [0.5, 0.6) is 5.75 Å². The number of carbonyl (C=O) groups is 2. The molecule has 5 nitrogen and oxygen atoms in total. The fourth-order valence-electron chi connectivity index (χ4n) is 2.72. The molecule has 3 aromatic carbocycles. The number of hydrogen-bond acceptors (Lipinski definition) is 3. The van der Waals surface area contributed by atoms with Crippen LogP contribution in [0.1, 0.15) is 33.2 Å². The number of para-hydroxylation sites is 1. The topological polar surface area (TPSA) is 67.4 Å². The predicted octanol–water partition coefficient (Wildman–Crippen LogP) is 4.27. The maximum absolute atomic E-state index is 12.6. The number of anilines is 1. The van der Waals surface area contributed by atoms with Gasteiger partial charge in [0.15, 0.2) is 0 Å². The molecule has 3 rings (SSSR count). The highest BCUT2D eigenvalue weighted by atomic mass is 16.5. The fourth-order valence-corrected chi connectivity index (χ4v) is 2.72. The molecule has 142 valence electrons. The van der Waals surface area contributed by atoms with Crippen molar-refractivity contribution >= 4 is 17.5 Å². The summed E-state index contributed by atoms with van der Waals surface area (Å²) in [5, 5.41) is 5.70. The first-order valence-electron chi connectivity index (χ1n) is 9.12. The van der Waals surface area contributed by atoms with Crippen LogP contribution in [0.2, 0.25) is 0 Å². The summed E-state index contributed by atoms with van der Waals surface area (Å²) in [7, 11) is 0. The Hall–Kier alpha value is -3.60. The second kappa shape index (κ2) is 9.37. The summed E-state index contributed by atoms with van der Waals surface area (Å²) in [4.78, 5) is 25.0. The summed E-state index contributed by atoms with van der Waals surface area (Å²) in [6.45, 7) is 2.93. The number of carbonyl (C=O) groups excluding carboxylic acids is 2. The third kappa shape index (κ3) is 4.98. The maximum Gasteiger partial charge on any atom is 0.255 e. The molecule has 2 N–H and O–H groups in total.